The molecule has 1 N–H and O–H groups in total. The van der Waals surface area contributed by atoms with Gasteiger partial charge in [0, 0.05) is 23.9 Å². The van der Waals surface area contributed by atoms with Crippen LogP contribution in [-0.2, 0) is 6.42 Å². The molecule has 2 aliphatic carbocycles. The fraction of sp³-hybridized carbons (Fsp3) is 0.737. The van der Waals surface area contributed by atoms with Crippen molar-refractivity contribution in [1.29, 1.82) is 0 Å². The van der Waals surface area contributed by atoms with Crippen LogP contribution in [0, 0.1) is 5.41 Å². The van der Waals surface area contributed by atoms with Crippen LogP contribution in [0.1, 0.15) is 76.0 Å². The third-order valence-electron chi connectivity index (χ3n) is 6.03. The maximum Gasteiger partial charge on any atom is 0.0482 e. The summed E-state index contributed by atoms with van der Waals surface area (Å²) in [6.45, 7) is 5.73. The highest BCUT2D eigenvalue weighted by Crippen LogP contribution is 2.49. The van der Waals surface area contributed by atoms with E-state index in [4.69, 9.17) is 4.98 Å². The number of aromatic nitrogens is 1. The minimum atomic E-state index is 0.507. The molecule has 0 radical (unpaired) electrons. The van der Waals surface area contributed by atoms with E-state index in [-0.39, 0.29) is 0 Å². The van der Waals surface area contributed by atoms with Crippen molar-refractivity contribution < 1.29 is 0 Å². The van der Waals surface area contributed by atoms with Gasteiger partial charge in [-0.3, -0.25) is 4.98 Å². The molecule has 3 rings (SSSR count). The highest BCUT2D eigenvalue weighted by molar-refractivity contribution is 5.28. The summed E-state index contributed by atoms with van der Waals surface area (Å²) in [5.74, 6) is 0.618. The van der Waals surface area contributed by atoms with Crippen LogP contribution < -0.4 is 5.32 Å². The van der Waals surface area contributed by atoms with E-state index in [1.54, 1.807) is 0 Å². The Hall–Kier alpha value is -0.890. The van der Waals surface area contributed by atoms with Crippen LogP contribution in [0.25, 0.3) is 0 Å². The molecule has 2 unspecified atom stereocenters. The Balaban J connectivity index is 1.95. The maximum absolute atomic E-state index is 4.80. The molecule has 1 aromatic heterocycles. The summed E-state index contributed by atoms with van der Waals surface area (Å²) in [4.78, 5) is 4.80. The van der Waals surface area contributed by atoms with Gasteiger partial charge in [0.05, 0.1) is 0 Å². The van der Waals surface area contributed by atoms with Gasteiger partial charge in [0.25, 0.3) is 0 Å². The maximum atomic E-state index is 4.80. The van der Waals surface area contributed by atoms with Crippen molar-refractivity contribution in [2.75, 3.05) is 6.54 Å². The van der Waals surface area contributed by atoms with E-state index in [1.165, 1.54) is 62.6 Å². The molecule has 0 aromatic carbocycles. The van der Waals surface area contributed by atoms with Gasteiger partial charge < -0.3 is 5.32 Å². The number of aryl methyl sites for hydroxylation is 1. The Bertz CT molecular complexity index is 462. The van der Waals surface area contributed by atoms with Crippen LogP contribution in [0.5, 0.6) is 0 Å². The van der Waals surface area contributed by atoms with Gasteiger partial charge in [-0.15, -0.1) is 0 Å². The molecule has 1 fully saturated rings. The van der Waals surface area contributed by atoms with Gasteiger partial charge in [0.2, 0.25) is 0 Å². The van der Waals surface area contributed by atoms with Crippen molar-refractivity contribution in [3.8, 4) is 0 Å². The molecule has 0 spiro atoms. The van der Waals surface area contributed by atoms with E-state index >= 15 is 0 Å². The number of pyridine rings is 1. The Kier molecular flexibility index (Phi) is 4.63. The van der Waals surface area contributed by atoms with Gasteiger partial charge in [-0.1, -0.05) is 32.8 Å². The van der Waals surface area contributed by atoms with Gasteiger partial charge in [-0.05, 0) is 62.1 Å². The fourth-order valence-corrected chi connectivity index (χ4v) is 4.94. The van der Waals surface area contributed by atoms with E-state index in [9.17, 15) is 0 Å². The number of fused-ring (bicyclic) bond motifs is 1. The molecule has 0 bridgehead atoms. The Morgan fingerprint density at radius 1 is 1.29 bits per heavy atom. The standard InChI is InChI=1S/C19H30N2/c1-3-19(12-5-6-13-19)18(20-4-2)16-11-7-9-15-10-8-14-21-17(15)16/h8,10,14,16,18,20H,3-7,9,11-13H2,1-2H3. The summed E-state index contributed by atoms with van der Waals surface area (Å²) in [6, 6.07) is 5.02. The van der Waals surface area contributed by atoms with Crippen LogP contribution in [0.2, 0.25) is 0 Å². The first-order chi connectivity index (χ1) is 10.3. The molecule has 2 atom stereocenters. The Labute approximate surface area is 129 Å². The first kappa shape index (κ1) is 15.0. The molecule has 0 amide bonds. The molecule has 116 valence electrons. The van der Waals surface area contributed by atoms with E-state index in [0.717, 1.165) is 6.54 Å². The van der Waals surface area contributed by atoms with Crippen LogP contribution in [0.3, 0.4) is 0 Å². The second-order valence-electron chi connectivity index (χ2n) is 7.00. The highest BCUT2D eigenvalue weighted by atomic mass is 14.9. The zero-order chi connectivity index (χ0) is 14.7. The van der Waals surface area contributed by atoms with Crippen molar-refractivity contribution in [2.24, 2.45) is 5.41 Å². The predicted octanol–water partition coefficient (Wildman–Crippen LogP) is 4.45. The second-order valence-corrected chi connectivity index (χ2v) is 7.00. The van der Waals surface area contributed by atoms with Gasteiger partial charge in [0.15, 0.2) is 0 Å². The average Bonchev–Trinajstić information content (AvgIpc) is 3.02. The predicted molar refractivity (Wildman–Crippen MR) is 88.6 cm³/mol. The van der Waals surface area contributed by atoms with Gasteiger partial charge >= 0.3 is 0 Å². The van der Waals surface area contributed by atoms with Gasteiger partial charge in [-0.2, -0.15) is 0 Å². The number of hydrogen-bond donors (Lipinski definition) is 1. The average molecular weight is 286 g/mol. The van der Waals surface area contributed by atoms with Gasteiger partial charge in [0.1, 0.15) is 0 Å². The first-order valence-corrected chi connectivity index (χ1v) is 8.98. The fourth-order valence-electron chi connectivity index (χ4n) is 4.94. The molecule has 0 saturated heterocycles. The van der Waals surface area contributed by atoms with E-state index in [2.05, 4.69) is 31.3 Å². The van der Waals surface area contributed by atoms with Crippen LogP contribution in [0.4, 0.5) is 0 Å². The molecule has 2 heteroatoms. The van der Waals surface area contributed by atoms with E-state index in [1.807, 2.05) is 6.20 Å². The Morgan fingerprint density at radius 3 is 2.81 bits per heavy atom. The Morgan fingerprint density at radius 2 is 2.10 bits per heavy atom. The summed E-state index contributed by atoms with van der Waals surface area (Å²) < 4.78 is 0. The second kappa shape index (κ2) is 6.48. The number of likely N-dealkylation sites (N-methyl/N-ethyl adjacent to an activating group) is 1. The smallest absolute Gasteiger partial charge is 0.0482 e. The van der Waals surface area contributed by atoms with Crippen LogP contribution in [-0.4, -0.2) is 17.6 Å². The third kappa shape index (κ3) is 2.75. The lowest BCUT2D eigenvalue weighted by molar-refractivity contribution is 0.152. The topological polar surface area (TPSA) is 24.9 Å². The monoisotopic (exact) mass is 286 g/mol. The summed E-state index contributed by atoms with van der Waals surface area (Å²) >= 11 is 0. The summed E-state index contributed by atoms with van der Waals surface area (Å²) in [7, 11) is 0. The summed E-state index contributed by atoms with van der Waals surface area (Å²) in [5.41, 5.74) is 3.41. The number of nitrogens with zero attached hydrogens (tertiary/aromatic N) is 1. The normalized spacial score (nSPS) is 25.5. The minimum absolute atomic E-state index is 0.507. The lowest BCUT2D eigenvalue weighted by Gasteiger charge is -2.44. The van der Waals surface area contributed by atoms with Crippen LogP contribution in [0.15, 0.2) is 18.3 Å². The zero-order valence-corrected chi connectivity index (χ0v) is 13.7. The quantitative estimate of drug-likeness (QED) is 0.865. The van der Waals surface area contributed by atoms with Crippen molar-refractivity contribution in [1.82, 2.24) is 10.3 Å². The van der Waals surface area contributed by atoms with Crippen molar-refractivity contribution >= 4 is 0 Å². The molecule has 21 heavy (non-hydrogen) atoms. The molecular formula is C19H30N2. The van der Waals surface area contributed by atoms with E-state index < -0.39 is 0 Å². The van der Waals surface area contributed by atoms with Gasteiger partial charge in [-0.25, -0.2) is 0 Å². The molecule has 1 aromatic rings. The lowest BCUT2D eigenvalue weighted by Crippen LogP contribution is -2.48. The van der Waals surface area contributed by atoms with Crippen molar-refractivity contribution in [3.05, 3.63) is 29.6 Å². The number of rotatable bonds is 5. The molecule has 2 nitrogen and oxygen atoms in total. The highest BCUT2D eigenvalue weighted by Gasteiger charge is 2.44. The van der Waals surface area contributed by atoms with Crippen LogP contribution >= 0.6 is 0 Å². The molecule has 2 aliphatic rings. The lowest BCUT2D eigenvalue weighted by atomic mass is 9.67. The number of nitrogens with one attached hydrogen (secondary N) is 1. The van der Waals surface area contributed by atoms with E-state index in [0.29, 0.717) is 17.4 Å². The summed E-state index contributed by atoms with van der Waals surface area (Å²) in [5, 5.41) is 3.89. The number of hydrogen-bond acceptors (Lipinski definition) is 2. The molecule has 1 saturated carbocycles. The van der Waals surface area contributed by atoms with Crippen molar-refractivity contribution in [2.45, 2.75) is 77.2 Å². The molecule has 1 heterocycles. The third-order valence-corrected chi connectivity index (χ3v) is 6.03. The molecular weight excluding hydrogens is 256 g/mol. The first-order valence-electron chi connectivity index (χ1n) is 8.98. The molecule has 0 aliphatic heterocycles. The minimum Gasteiger partial charge on any atom is -0.313 e. The SMILES string of the molecule is CCNC(C1CCCc2cccnc21)C1(CC)CCCC1. The zero-order valence-electron chi connectivity index (χ0n) is 13.7. The largest absolute Gasteiger partial charge is 0.313 e. The van der Waals surface area contributed by atoms with Crippen molar-refractivity contribution in [3.63, 3.8) is 0 Å². The summed E-state index contributed by atoms with van der Waals surface area (Å²) in [6.07, 6.45) is 12.8.